The van der Waals surface area contributed by atoms with Gasteiger partial charge in [0.05, 0.1) is 19.4 Å². The van der Waals surface area contributed by atoms with Crippen molar-refractivity contribution in [1.82, 2.24) is 14.2 Å². The Bertz CT molecular complexity index is 776. The highest BCUT2D eigenvalue weighted by molar-refractivity contribution is 7.89. The molecule has 1 aromatic heterocycles. The van der Waals surface area contributed by atoms with Gasteiger partial charge in [-0.3, -0.25) is 0 Å². The predicted octanol–water partition coefficient (Wildman–Crippen LogP) is 2.30. The van der Waals surface area contributed by atoms with Gasteiger partial charge in [-0.15, -0.1) is 0 Å². The van der Waals surface area contributed by atoms with E-state index in [0.29, 0.717) is 24.7 Å². The molecule has 0 amide bonds. The van der Waals surface area contributed by atoms with Crippen molar-refractivity contribution in [3.63, 3.8) is 0 Å². The Morgan fingerprint density at radius 3 is 2.57 bits per heavy atom. The first-order chi connectivity index (χ1) is 13.3. The van der Waals surface area contributed by atoms with Gasteiger partial charge in [0, 0.05) is 25.8 Å². The SMILES string of the molecule is COCCN(C1CCC2(CCN(C)CC2)C1)S(=O)(=O)c1ccc(OC)nc1C. The fraction of sp³-hybridized carbons (Fsp3) is 0.750. The minimum absolute atomic E-state index is 0.0186. The first kappa shape index (κ1) is 21.5. The van der Waals surface area contributed by atoms with Gasteiger partial charge in [-0.2, -0.15) is 4.31 Å². The normalized spacial score (nSPS) is 22.8. The zero-order valence-corrected chi connectivity index (χ0v) is 18.3. The Morgan fingerprint density at radius 1 is 1.25 bits per heavy atom. The second-order valence-electron chi connectivity index (χ2n) is 8.25. The molecule has 7 nitrogen and oxygen atoms in total. The van der Waals surface area contributed by atoms with Gasteiger partial charge in [-0.1, -0.05) is 0 Å². The van der Waals surface area contributed by atoms with E-state index in [4.69, 9.17) is 9.47 Å². The number of pyridine rings is 1. The van der Waals surface area contributed by atoms with Crippen molar-refractivity contribution >= 4 is 10.0 Å². The van der Waals surface area contributed by atoms with Crippen LogP contribution in [-0.2, 0) is 14.8 Å². The molecule has 1 unspecified atom stereocenters. The summed E-state index contributed by atoms with van der Waals surface area (Å²) in [5, 5.41) is 0. The highest BCUT2D eigenvalue weighted by Crippen LogP contribution is 2.48. The average Bonchev–Trinajstić information content (AvgIpc) is 3.07. The molecule has 1 spiro atoms. The second kappa shape index (κ2) is 8.65. The Morgan fingerprint density at radius 2 is 1.96 bits per heavy atom. The van der Waals surface area contributed by atoms with Gasteiger partial charge in [-0.05, 0) is 70.6 Å². The van der Waals surface area contributed by atoms with E-state index < -0.39 is 10.0 Å². The van der Waals surface area contributed by atoms with Gasteiger partial charge in [-0.25, -0.2) is 13.4 Å². The van der Waals surface area contributed by atoms with Crippen molar-refractivity contribution in [3.05, 3.63) is 17.8 Å². The zero-order chi connectivity index (χ0) is 20.4. The lowest BCUT2D eigenvalue weighted by Gasteiger charge is -2.38. The van der Waals surface area contributed by atoms with Crippen LogP contribution in [0.4, 0.5) is 0 Å². The van der Waals surface area contributed by atoms with Crippen molar-refractivity contribution < 1.29 is 17.9 Å². The van der Waals surface area contributed by atoms with Crippen LogP contribution in [-0.4, -0.2) is 76.2 Å². The summed E-state index contributed by atoms with van der Waals surface area (Å²) >= 11 is 0. The number of ether oxygens (including phenoxy) is 2. The molecule has 158 valence electrons. The lowest BCUT2D eigenvalue weighted by atomic mass is 9.77. The first-order valence-corrected chi connectivity index (χ1v) is 11.5. The van der Waals surface area contributed by atoms with E-state index in [1.165, 1.54) is 7.11 Å². The van der Waals surface area contributed by atoms with E-state index in [1.54, 1.807) is 30.5 Å². The maximum atomic E-state index is 13.6. The molecule has 0 radical (unpaired) electrons. The van der Waals surface area contributed by atoms with E-state index in [9.17, 15) is 8.42 Å². The molecule has 28 heavy (non-hydrogen) atoms. The van der Waals surface area contributed by atoms with Crippen LogP contribution in [0.5, 0.6) is 5.88 Å². The molecule has 2 heterocycles. The van der Waals surface area contributed by atoms with Crippen LogP contribution in [0, 0.1) is 12.3 Å². The molecule has 0 N–H and O–H groups in total. The smallest absolute Gasteiger partial charge is 0.245 e. The molecular formula is C20H33N3O4S. The third-order valence-electron chi connectivity index (χ3n) is 6.45. The minimum Gasteiger partial charge on any atom is -0.481 e. The number of rotatable bonds is 7. The number of nitrogens with zero attached hydrogens (tertiary/aromatic N) is 3. The molecule has 1 aromatic rings. The standard InChI is InChI=1S/C20H33N3O4S/c1-16-18(5-6-19(21-16)27-4)28(24,25)23(13-14-26-3)17-7-8-20(15-17)9-11-22(2)12-10-20/h5-6,17H,7-15H2,1-4H3. The first-order valence-electron chi connectivity index (χ1n) is 10.0. The number of likely N-dealkylation sites (tertiary alicyclic amines) is 1. The van der Waals surface area contributed by atoms with Crippen molar-refractivity contribution in [2.75, 3.05) is 47.5 Å². The molecule has 2 fully saturated rings. The molecule has 0 bridgehead atoms. The number of hydrogen-bond donors (Lipinski definition) is 0. The third-order valence-corrected chi connectivity index (χ3v) is 8.54. The Hall–Kier alpha value is -1.22. The average molecular weight is 412 g/mol. The molecule has 0 aromatic carbocycles. The summed E-state index contributed by atoms with van der Waals surface area (Å²) < 4.78 is 39.1. The largest absolute Gasteiger partial charge is 0.481 e. The zero-order valence-electron chi connectivity index (χ0n) is 17.5. The summed E-state index contributed by atoms with van der Waals surface area (Å²) in [4.78, 5) is 6.90. The molecule has 1 saturated carbocycles. The van der Waals surface area contributed by atoms with E-state index >= 15 is 0 Å². The van der Waals surface area contributed by atoms with Crippen molar-refractivity contribution in [3.8, 4) is 5.88 Å². The molecular weight excluding hydrogens is 378 g/mol. The van der Waals surface area contributed by atoms with E-state index in [1.807, 2.05) is 0 Å². The Kier molecular flexibility index (Phi) is 6.64. The van der Waals surface area contributed by atoms with Crippen molar-refractivity contribution in [2.45, 2.75) is 50.0 Å². The molecule has 1 atom stereocenters. The fourth-order valence-corrected chi connectivity index (χ4v) is 6.49. The highest BCUT2D eigenvalue weighted by atomic mass is 32.2. The van der Waals surface area contributed by atoms with E-state index in [2.05, 4.69) is 16.9 Å². The molecule has 3 rings (SSSR count). The predicted molar refractivity (Wildman–Crippen MR) is 108 cm³/mol. The molecule has 1 saturated heterocycles. The summed E-state index contributed by atoms with van der Waals surface area (Å²) in [5.41, 5.74) is 0.749. The van der Waals surface area contributed by atoms with E-state index in [0.717, 1.165) is 45.2 Å². The van der Waals surface area contributed by atoms with Gasteiger partial charge in [0.25, 0.3) is 0 Å². The molecule has 1 aliphatic carbocycles. The van der Waals surface area contributed by atoms with Crippen LogP contribution in [0.1, 0.15) is 37.8 Å². The topological polar surface area (TPSA) is 72.0 Å². The van der Waals surface area contributed by atoms with E-state index in [-0.39, 0.29) is 16.4 Å². The number of aryl methyl sites for hydroxylation is 1. The summed E-state index contributed by atoms with van der Waals surface area (Å²) in [6, 6.07) is 3.24. The highest BCUT2D eigenvalue weighted by Gasteiger charge is 2.45. The van der Waals surface area contributed by atoms with Crippen LogP contribution in [0.15, 0.2) is 17.0 Å². The number of methoxy groups -OCH3 is 2. The summed E-state index contributed by atoms with van der Waals surface area (Å²) in [7, 11) is 1.64. The number of piperidine rings is 1. The monoisotopic (exact) mass is 411 g/mol. The number of aromatic nitrogens is 1. The maximum Gasteiger partial charge on any atom is 0.245 e. The maximum absolute atomic E-state index is 13.6. The lowest BCUT2D eigenvalue weighted by Crippen LogP contribution is -2.43. The summed E-state index contributed by atoms with van der Waals surface area (Å²) in [5.74, 6) is 0.422. The second-order valence-corrected chi connectivity index (χ2v) is 10.1. The molecule has 8 heteroatoms. The lowest BCUT2D eigenvalue weighted by molar-refractivity contribution is 0.117. The van der Waals surface area contributed by atoms with Crippen molar-refractivity contribution in [2.24, 2.45) is 5.41 Å². The minimum atomic E-state index is -3.65. The van der Waals surface area contributed by atoms with Crippen LogP contribution in [0.3, 0.4) is 0 Å². The van der Waals surface area contributed by atoms with Crippen LogP contribution in [0.25, 0.3) is 0 Å². The van der Waals surface area contributed by atoms with Gasteiger partial charge in [0.2, 0.25) is 15.9 Å². The Balaban J connectivity index is 1.85. The van der Waals surface area contributed by atoms with Crippen LogP contribution < -0.4 is 4.74 Å². The number of hydrogen-bond acceptors (Lipinski definition) is 6. The van der Waals surface area contributed by atoms with Gasteiger partial charge in [0.15, 0.2) is 0 Å². The molecule has 2 aliphatic rings. The van der Waals surface area contributed by atoms with Gasteiger partial charge >= 0.3 is 0 Å². The number of sulfonamides is 1. The third kappa shape index (κ3) is 4.35. The fourth-order valence-electron chi connectivity index (χ4n) is 4.69. The van der Waals surface area contributed by atoms with Crippen LogP contribution in [0.2, 0.25) is 0 Å². The summed E-state index contributed by atoms with van der Waals surface area (Å²) in [6.07, 6.45) is 5.26. The van der Waals surface area contributed by atoms with Gasteiger partial charge < -0.3 is 14.4 Å². The van der Waals surface area contributed by atoms with Crippen LogP contribution >= 0.6 is 0 Å². The Labute approximate surface area is 169 Å². The summed E-state index contributed by atoms with van der Waals surface area (Å²) in [6.45, 7) is 4.66. The van der Waals surface area contributed by atoms with Crippen molar-refractivity contribution in [1.29, 1.82) is 0 Å². The molecule has 1 aliphatic heterocycles. The van der Waals surface area contributed by atoms with Gasteiger partial charge in [0.1, 0.15) is 4.90 Å². The quantitative estimate of drug-likeness (QED) is 0.686.